The summed E-state index contributed by atoms with van der Waals surface area (Å²) < 4.78 is 1.43. The van der Waals surface area contributed by atoms with Crippen molar-refractivity contribution < 1.29 is 9.59 Å². The zero-order valence-electron chi connectivity index (χ0n) is 12.3. The monoisotopic (exact) mass is 333 g/mol. The number of nitrogens with two attached hydrogens (primary N) is 1. The highest BCUT2D eigenvalue weighted by atomic mass is 35.5. The van der Waals surface area contributed by atoms with E-state index in [1.165, 1.54) is 4.68 Å². The van der Waals surface area contributed by atoms with Gasteiger partial charge in [-0.15, -0.1) is 0 Å². The van der Waals surface area contributed by atoms with Crippen LogP contribution in [-0.4, -0.2) is 34.2 Å². The lowest BCUT2D eigenvalue weighted by Crippen LogP contribution is -2.33. The van der Waals surface area contributed by atoms with Crippen molar-refractivity contribution in [3.8, 4) is 0 Å². The molecule has 3 N–H and O–H groups in total. The van der Waals surface area contributed by atoms with E-state index < -0.39 is 5.91 Å². The summed E-state index contributed by atoms with van der Waals surface area (Å²) in [5, 5.41) is 7.76. The van der Waals surface area contributed by atoms with Gasteiger partial charge in [-0.3, -0.25) is 14.3 Å². The molecule has 1 atom stereocenters. The lowest BCUT2D eigenvalue weighted by Gasteiger charge is -2.17. The van der Waals surface area contributed by atoms with Crippen molar-refractivity contribution in [1.29, 1.82) is 0 Å². The summed E-state index contributed by atoms with van der Waals surface area (Å²) in [4.78, 5) is 25.1. The van der Waals surface area contributed by atoms with Crippen LogP contribution in [0.25, 0.3) is 0 Å². The van der Waals surface area contributed by atoms with E-state index in [1.807, 2.05) is 12.1 Å². The van der Waals surface area contributed by atoms with Gasteiger partial charge in [0.2, 0.25) is 11.8 Å². The summed E-state index contributed by atoms with van der Waals surface area (Å²) >= 11 is 5.98. The van der Waals surface area contributed by atoms with Crippen LogP contribution in [0.3, 0.4) is 0 Å². The van der Waals surface area contributed by atoms with Crippen molar-refractivity contribution >= 4 is 34.8 Å². The minimum atomic E-state index is -0.469. The molecule has 1 saturated heterocycles. The van der Waals surface area contributed by atoms with E-state index in [1.54, 1.807) is 29.4 Å². The average Bonchev–Trinajstić information content (AvgIpc) is 3.07. The van der Waals surface area contributed by atoms with Crippen molar-refractivity contribution in [3.63, 3.8) is 0 Å². The number of rotatable bonds is 5. The number of amides is 2. The van der Waals surface area contributed by atoms with Crippen LogP contribution in [0.5, 0.6) is 0 Å². The van der Waals surface area contributed by atoms with Gasteiger partial charge >= 0.3 is 0 Å². The Hall–Kier alpha value is -2.54. The number of aromatic nitrogens is 2. The maximum atomic E-state index is 12.5. The van der Waals surface area contributed by atoms with Crippen LogP contribution < -0.4 is 16.0 Å². The molecule has 0 saturated carbocycles. The summed E-state index contributed by atoms with van der Waals surface area (Å²) in [6.45, 7) is 0.626. The Bertz CT molecular complexity index is 745. The van der Waals surface area contributed by atoms with E-state index in [2.05, 4.69) is 10.4 Å². The van der Waals surface area contributed by atoms with Gasteiger partial charge in [0, 0.05) is 23.5 Å². The number of carbonyl (C=O) groups excluding carboxylic acids is 2. The second-order valence-electron chi connectivity index (χ2n) is 5.35. The van der Waals surface area contributed by atoms with Crippen LogP contribution in [0, 0.1) is 0 Å². The first-order chi connectivity index (χ1) is 11.0. The molecule has 23 heavy (non-hydrogen) atoms. The van der Waals surface area contributed by atoms with Crippen LogP contribution in [0.4, 0.5) is 11.4 Å². The third-order valence-electron chi connectivity index (χ3n) is 3.62. The number of primary amides is 1. The number of benzene rings is 1. The molecule has 7 nitrogen and oxygen atoms in total. The molecule has 0 spiro atoms. The van der Waals surface area contributed by atoms with Gasteiger partial charge in [-0.25, -0.2) is 0 Å². The fraction of sp³-hybridized carbons (Fsp3) is 0.267. The van der Waals surface area contributed by atoms with E-state index in [4.69, 9.17) is 17.3 Å². The Kier molecular flexibility index (Phi) is 4.20. The van der Waals surface area contributed by atoms with Crippen LogP contribution in [0.15, 0.2) is 36.7 Å². The molecule has 120 valence electrons. The molecule has 1 aromatic carbocycles. The van der Waals surface area contributed by atoms with Crippen molar-refractivity contribution in [2.75, 3.05) is 16.8 Å². The topological polar surface area (TPSA) is 93.3 Å². The van der Waals surface area contributed by atoms with Crippen LogP contribution in [0.2, 0.25) is 5.02 Å². The van der Waals surface area contributed by atoms with Gasteiger partial charge in [-0.05, 0) is 24.6 Å². The number of carbonyl (C=O) groups is 2. The normalized spacial score (nSPS) is 17.5. The molecule has 1 aliphatic rings. The number of halogens is 1. The molecular formula is C15H16ClN5O2. The maximum absolute atomic E-state index is 12.5. The zero-order valence-corrected chi connectivity index (χ0v) is 13.0. The van der Waals surface area contributed by atoms with Crippen LogP contribution >= 0.6 is 11.6 Å². The molecule has 1 aromatic heterocycles. The van der Waals surface area contributed by atoms with Gasteiger partial charge < -0.3 is 16.0 Å². The van der Waals surface area contributed by atoms with Crippen molar-refractivity contribution in [2.24, 2.45) is 5.73 Å². The first kappa shape index (κ1) is 15.4. The Morgan fingerprint density at radius 3 is 3.04 bits per heavy atom. The molecule has 1 fully saturated rings. The molecule has 8 heteroatoms. The van der Waals surface area contributed by atoms with Crippen LogP contribution in [-0.2, 0) is 16.1 Å². The second kappa shape index (κ2) is 6.29. The Morgan fingerprint density at radius 2 is 2.30 bits per heavy atom. The van der Waals surface area contributed by atoms with Gasteiger partial charge in [-0.2, -0.15) is 5.10 Å². The fourth-order valence-electron chi connectivity index (χ4n) is 2.60. The van der Waals surface area contributed by atoms with Crippen molar-refractivity contribution in [1.82, 2.24) is 9.78 Å². The molecule has 2 amide bonds. The number of nitrogens with one attached hydrogen (secondary N) is 1. The second-order valence-corrected chi connectivity index (χ2v) is 5.78. The van der Waals surface area contributed by atoms with Crippen LogP contribution in [0.1, 0.15) is 6.42 Å². The Morgan fingerprint density at radius 1 is 1.48 bits per heavy atom. The van der Waals surface area contributed by atoms with E-state index in [9.17, 15) is 9.59 Å². The SMILES string of the molecule is NC(=O)Cn1cc(NC2CCN(c3cccc(Cl)c3)C2=O)cn1. The average molecular weight is 334 g/mol. The smallest absolute Gasteiger partial charge is 0.249 e. The third kappa shape index (κ3) is 3.45. The summed E-state index contributed by atoms with van der Waals surface area (Å²) in [6, 6.07) is 6.89. The fourth-order valence-corrected chi connectivity index (χ4v) is 2.78. The highest BCUT2D eigenvalue weighted by Crippen LogP contribution is 2.25. The molecular weight excluding hydrogens is 318 g/mol. The highest BCUT2D eigenvalue weighted by Gasteiger charge is 2.32. The molecule has 0 radical (unpaired) electrons. The Balaban J connectivity index is 1.67. The number of hydrogen-bond acceptors (Lipinski definition) is 4. The van der Waals surface area contributed by atoms with E-state index >= 15 is 0 Å². The largest absolute Gasteiger partial charge is 0.371 e. The van der Waals surface area contributed by atoms with Crippen molar-refractivity contribution in [3.05, 3.63) is 41.7 Å². The number of nitrogens with zero attached hydrogens (tertiary/aromatic N) is 3. The summed E-state index contributed by atoms with van der Waals surface area (Å²) in [6.07, 6.45) is 3.89. The van der Waals surface area contributed by atoms with E-state index in [-0.39, 0.29) is 18.5 Å². The van der Waals surface area contributed by atoms with Gasteiger partial charge in [0.05, 0.1) is 11.9 Å². The summed E-state index contributed by atoms with van der Waals surface area (Å²) in [7, 11) is 0. The highest BCUT2D eigenvalue weighted by molar-refractivity contribution is 6.31. The number of hydrogen-bond donors (Lipinski definition) is 2. The summed E-state index contributed by atoms with van der Waals surface area (Å²) in [5.74, 6) is -0.487. The van der Waals surface area contributed by atoms with Gasteiger partial charge in [0.1, 0.15) is 12.6 Å². The minimum Gasteiger partial charge on any atom is -0.371 e. The predicted octanol–water partition coefficient (Wildman–Crippen LogP) is 1.24. The van der Waals surface area contributed by atoms with Gasteiger partial charge in [0.15, 0.2) is 0 Å². The maximum Gasteiger partial charge on any atom is 0.249 e. The minimum absolute atomic E-state index is 0.00886. The first-order valence-corrected chi connectivity index (χ1v) is 7.55. The van der Waals surface area contributed by atoms with Gasteiger partial charge in [-0.1, -0.05) is 17.7 Å². The molecule has 0 bridgehead atoms. The number of anilines is 2. The Labute approximate surface area is 138 Å². The van der Waals surface area contributed by atoms with Gasteiger partial charge in [0.25, 0.3) is 0 Å². The third-order valence-corrected chi connectivity index (χ3v) is 3.85. The van der Waals surface area contributed by atoms with E-state index in [0.717, 1.165) is 5.69 Å². The standard InChI is InChI=1S/C15H16ClN5O2/c16-10-2-1-3-12(6-10)21-5-4-13(15(21)23)19-11-7-18-20(8-11)9-14(17)22/h1-3,6-8,13,19H,4-5,9H2,(H2,17,22). The molecule has 0 aliphatic carbocycles. The molecule has 2 aromatic rings. The molecule has 2 heterocycles. The molecule has 3 rings (SSSR count). The molecule has 1 unspecified atom stereocenters. The predicted molar refractivity (Wildman–Crippen MR) is 87.3 cm³/mol. The lowest BCUT2D eigenvalue weighted by molar-refractivity contribution is -0.119. The quantitative estimate of drug-likeness (QED) is 0.861. The molecule has 1 aliphatic heterocycles. The zero-order chi connectivity index (χ0) is 16.4. The summed E-state index contributed by atoms with van der Waals surface area (Å²) in [5.41, 5.74) is 6.59. The first-order valence-electron chi connectivity index (χ1n) is 7.17. The van der Waals surface area contributed by atoms with E-state index in [0.29, 0.717) is 23.7 Å². The lowest BCUT2D eigenvalue weighted by atomic mass is 10.2. The van der Waals surface area contributed by atoms with Crippen molar-refractivity contribution in [2.45, 2.75) is 19.0 Å².